The number of nitrogens with one attached hydrogen (secondary N) is 2. The van der Waals surface area contributed by atoms with E-state index in [2.05, 4.69) is 22.4 Å². The number of rotatable bonds is 3. The summed E-state index contributed by atoms with van der Waals surface area (Å²) in [5.74, 6) is -0.323. The van der Waals surface area contributed by atoms with Gasteiger partial charge in [0.15, 0.2) is 0 Å². The maximum Gasteiger partial charge on any atom is 0.227 e. The molecule has 0 bridgehead atoms. The van der Waals surface area contributed by atoms with Crippen LogP contribution in [0.1, 0.15) is 54.1 Å². The highest BCUT2D eigenvalue weighted by atomic mass is 19.1. The molecular weight excluding hydrogens is 405 g/mol. The fourth-order valence-electron chi connectivity index (χ4n) is 5.68. The van der Waals surface area contributed by atoms with Crippen LogP contribution in [0.25, 0.3) is 10.9 Å². The summed E-state index contributed by atoms with van der Waals surface area (Å²) in [6.45, 7) is 4.64. The Morgan fingerprint density at radius 3 is 2.78 bits per heavy atom. The fourth-order valence-corrected chi connectivity index (χ4v) is 5.68. The third-order valence-corrected chi connectivity index (χ3v) is 7.13. The van der Waals surface area contributed by atoms with E-state index in [0.717, 1.165) is 46.1 Å². The molecule has 5 nitrogen and oxygen atoms in total. The number of likely N-dealkylation sites (tertiary alicyclic amines) is 1. The lowest BCUT2D eigenvalue weighted by Crippen LogP contribution is -2.58. The minimum atomic E-state index is -0.537. The van der Waals surface area contributed by atoms with Crippen molar-refractivity contribution in [2.24, 2.45) is 0 Å². The van der Waals surface area contributed by atoms with Crippen LogP contribution in [0.5, 0.6) is 0 Å². The number of hydrogen-bond acceptors (Lipinski definition) is 2. The second kappa shape index (κ2) is 7.76. The third kappa shape index (κ3) is 3.48. The molecule has 2 N–H and O–H groups in total. The van der Waals surface area contributed by atoms with Crippen LogP contribution in [0, 0.1) is 19.7 Å². The van der Waals surface area contributed by atoms with Gasteiger partial charge in [-0.3, -0.25) is 9.59 Å². The van der Waals surface area contributed by atoms with Gasteiger partial charge in [-0.25, -0.2) is 4.39 Å². The average molecular weight is 434 g/mol. The van der Waals surface area contributed by atoms with Gasteiger partial charge in [-0.05, 0) is 68.5 Å². The second-order valence-electron chi connectivity index (χ2n) is 9.31. The van der Waals surface area contributed by atoms with Crippen molar-refractivity contribution in [2.45, 2.75) is 57.5 Å². The Labute approximate surface area is 187 Å². The van der Waals surface area contributed by atoms with E-state index in [1.165, 1.54) is 12.1 Å². The number of halogens is 1. The predicted molar refractivity (Wildman–Crippen MR) is 122 cm³/mol. The van der Waals surface area contributed by atoms with E-state index in [1.54, 1.807) is 6.07 Å². The number of benzene rings is 2. The van der Waals surface area contributed by atoms with Crippen molar-refractivity contribution in [2.75, 3.05) is 6.54 Å². The molecule has 2 atom stereocenters. The van der Waals surface area contributed by atoms with Gasteiger partial charge in [0, 0.05) is 29.6 Å². The van der Waals surface area contributed by atoms with Crippen molar-refractivity contribution in [3.05, 3.63) is 70.7 Å². The maximum absolute atomic E-state index is 14.2. The van der Waals surface area contributed by atoms with Crippen LogP contribution in [-0.2, 0) is 16.0 Å². The zero-order chi connectivity index (χ0) is 22.5. The first-order valence-electron chi connectivity index (χ1n) is 11.3. The smallest absolute Gasteiger partial charge is 0.227 e. The lowest BCUT2D eigenvalue weighted by Gasteiger charge is -2.48. The molecule has 6 heteroatoms. The Morgan fingerprint density at radius 1 is 1.19 bits per heavy atom. The first-order valence-corrected chi connectivity index (χ1v) is 11.3. The van der Waals surface area contributed by atoms with Crippen molar-refractivity contribution in [1.29, 1.82) is 0 Å². The summed E-state index contributed by atoms with van der Waals surface area (Å²) in [4.78, 5) is 31.2. The summed E-state index contributed by atoms with van der Waals surface area (Å²) < 4.78 is 14.2. The van der Waals surface area contributed by atoms with Crippen LogP contribution in [-0.4, -0.2) is 33.8 Å². The van der Waals surface area contributed by atoms with Crippen LogP contribution >= 0.6 is 0 Å². The zero-order valence-corrected chi connectivity index (χ0v) is 18.5. The molecule has 32 heavy (non-hydrogen) atoms. The van der Waals surface area contributed by atoms with Gasteiger partial charge >= 0.3 is 0 Å². The molecular formula is C26H28FN3O2. The standard InChI is InChI=1S/C26H28FN3O2/c1-16-7-8-22-21(13-16)20(17(2)28-22)15-24(32)30-12-4-10-26(11-9-23(31)29-26)25(30)18-5-3-6-19(27)14-18/h3,5-8,13-14,25,28H,4,9-12,15H2,1-2H3,(H,29,31)/t25-,26+/m1/s1. The Balaban J connectivity index is 1.53. The number of H-pyrrole nitrogens is 1. The van der Waals surface area contributed by atoms with E-state index in [-0.39, 0.29) is 30.1 Å². The fraction of sp³-hybridized carbons (Fsp3) is 0.385. The molecule has 0 aliphatic carbocycles. The van der Waals surface area contributed by atoms with Crippen molar-refractivity contribution in [3.8, 4) is 0 Å². The molecule has 2 aromatic carbocycles. The first kappa shape index (κ1) is 20.7. The van der Waals surface area contributed by atoms with E-state index in [0.29, 0.717) is 19.4 Å². The number of carbonyl (C=O) groups excluding carboxylic acids is 2. The van der Waals surface area contributed by atoms with E-state index >= 15 is 0 Å². The molecule has 3 aromatic rings. The highest BCUT2D eigenvalue weighted by Crippen LogP contribution is 2.45. The Kier molecular flexibility index (Phi) is 5.03. The summed E-state index contributed by atoms with van der Waals surface area (Å²) in [6, 6.07) is 12.3. The third-order valence-electron chi connectivity index (χ3n) is 7.13. The quantitative estimate of drug-likeness (QED) is 0.640. The summed E-state index contributed by atoms with van der Waals surface area (Å²) in [7, 11) is 0. The minimum absolute atomic E-state index is 0.00338. The van der Waals surface area contributed by atoms with E-state index < -0.39 is 5.54 Å². The number of aryl methyl sites for hydroxylation is 2. The average Bonchev–Trinajstić information content (AvgIpc) is 3.27. The van der Waals surface area contributed by atoms with Crippen molar-refractivity contribution in [1.82, 2.24) is 15.2 Å². The molecule has 1 aromatic heterocycles. The van der Waals surface area contributed by atoms with Gasteiger partial charge in [0.05, 0.1) is 18.0 Å². The van der Waals surface area contributed by atoms with E-state index in [9.17, 15) is 14.0 Å². The topological polar surface area (TPSA) is 65.2 Å². The van der Waals surface area contributed by atoms with Gasteiger partial charge in [0.2, 0.25) is 11.8 Å². The normalized spacial score (nSPS) is 23.2. The number of aromatic amines is 1. The molecule has 1 spiro atoms. The van der Waals surface area contributed by atoms with Gasteiger partial charge in [-0.2, -0.15) is 0 Å². The SMILES string of the molecule is Cc1ccc2[nH]c(C)c(CC(=O)N3CCC[C@]4(CCC(=O)N4)[C@H]3c3cccc(F)c3)c2c1. The highest BCUT2D eigenvalue weighted by Gasteiger charge is 2.50. The van der Waals surface area contributed by atoms with Crippen LogP contribution < -0.4 is 5.32 Å². The monoisotopic (exact) mass is 433 g/mol. The van der Waals surface area contributed by atoms with Gasteiger partial charge in [0.1, 0.15) is 5.82 Å². The number of carbonyl (C=O) groups is 2. The summed E-state index contributed by atoms with van der Waals surface area (Å²) in [5.41, 5.74) is 4.37. The zero-order valence-electron chi connectivity index (χ0n) is 18.5. The van der Waals surface area contributed by atoms with Gasteiger partial charge in [-0.15, -0.1) is 0 Å². The molecule has 0 unspecified atom stereocenters. The number of amides is 2. The first-order chi connectivity index (χ1) is 15.4. The van der Waals surface area contributed by atoms with Crippen molar-refractivity contribution < 1.29 is 14.0 Å². The molecule has 2 aliphatic heterocycles. The lowest BCUT2D eigenvalue weighted by molar-refractivity contribution is -0.138. The van der Waals surface area contributed by atoms with Gasteiger partial charge < -0.3 is 15.2 Å². The number of piperidine rings is 1. The summed E-state index contributed by atoms with van der Waals surface area (Å²) in [6.07, 6.45) is 2.96. The Bertz CT molecular complexity index is 1220. The van der Waals surface area contributed by atoms with Crippen LogP contribution in [0.3, 0.4) is 0 Å². The Morgan fingerprint density at radius 2 is 2.03 bits per heavy atom. The maximum atomic E-state index is 14.2. The molecule has 166 valence electrons. The Hall–Kier alpha value is -3.15. The molecule has 3 heterocycles. The van der Waals surface area contributed by atoms with Gasteiger partial charge in [0.25, 0.3) is 0 Å². The molecule has 2 fully saturated rings. The summed E-state index contributed by atoms with van der Waals surface area (Å²) in [5, 5.41) is 4.24. The number of aromatic nitrogens is 1. The van der Waals surface area contributed by atoms with Crippen molar-refractivity contribution in [3.63, 3.8) is 0 Å². The largest absolute Gasteiger partial charge is 0.358 e. The predicted octanol–water partition coefficient (Wildman–Crippen LogP) is 4.48. The molecule has 0 saturated carbocycles. The molecule has 2 saturated heterocycles. The van der Waals surface area contributed by atoms with Crippen LogP contribution in [0.4, 0.5) is 4.39 Å². The number of nitrogens with zero attached hydrogens (tertiary/aromatic N) is 1. The molecule has 5 rings (SSSR count). The van der Waals surface area contributed by atoms with Gasteiger partial charge in [-0.1, -0.05) is 23.8 Å². The number of hydrogen-bond donors (Lipinski definition) is 2. The second-order valence-corrected chi connectivity index (χ2v) is 9.31. The number of fused-ring (bicyclic) bond motifs is 1. The highest BCUT2D eigenvalue weighted by molar-refractivity contribution is 5.91. The minimum Gasteiger partial charge on any atom is -0.358 e. The lowest BCUT2D eigenvalue weighted by atomic mass is 9.76. The molecule has 2 amide bonds. The summed E-state index contributed by atoms with van der Waals surface area (Å²) >= 11 is 0. The van der Waals surface area contributed by atoms with E-state index in [4.69, 9.17) is 0 Å². The molecule has 0 radical (unpaired) electrons. The van der Waals surface area contributed by atoms with Crippen molar-refractivity contribution >= 4 is 22.7 Å². The molecule has 2 aliphatic rings. The van der Waals surface area contributed by atoms with Crippen LogP contribution in [0.2, 0.25) is 0 Å². The van der Waals surface area contributed by atoms with E-state index in [1.807, 2.05) is 30.9 Å². The van der Waals surface area contributed by atoms with Crippen LogP contribution in [0.15, 0.2) is 42.5 Å².